The van der Waals surface area contributed by atoms with E-state index in [1.165, 1.54) is 0 Å². The van der Waals surface area contributed by atoms with E-state index >= 15 is 0 Å². The molecule has 1 amide bonds. The van der Waals surface area contributed by atoms with Gasteiger partial charge in [0.15, 0.2) is 0 Å². The van der Waals surface area contributed by atoms with Crippen molar-refractivity contribution in [1.82, 2.24) is 4.90 Å². The van der Waals surface area contributed by atoms with Crippen LogP contribution >= 0.6 is 12.6 Å². The molecule has 0 bridgehead atoms. The quantitative estimate of drug-likeness (QED) is 0.444. The summed E-state index contributed by atoms with van der Waals surface area (Å²) in [6.07, 6.45) is 3.19. The third-order valence-corrected chi connectivity index (χ3v) is 2.19. The minimum Gasteiger partial charge on any atom is -0.341 e. The lowest BCUT2D eigenvalue weighted by molar-refractivity contribution is -0.118. The van der Waals surface area contributed by atoms with Gasteiger partial charge in [0.2, 0.25) is 6.41 Å². The van der Waals surface area contributed by atoms with Gasteiger partial charge < -0.3 is 4.90 Å². The van der Waals surface area contributed by atoms with Gasteiger partial charge in [0, 0.05) is 18.3 Å². The van der Waals surface area contributed by atoms with E-state index in [0.717, 1.165) is 31.5 Å². The normalized spacial score (nSPS) is 26.8. The van der Waals surface area contributed by atoms with E-state index in [4.69, 9.17) is 0 Å². The molecule has 1 aliphatic heterocycles. The summed E-state index contributed by atoms with van der Waals surface area (Å²) in [7, 11) is 0. The third-order valence-electron chi connectivity index (χ3n) is 1.77. The smallest absolute Gasteiger partial charge is 0.209 e. The molecule has 1 rings (SSSR count). The summed E-state index contributed by atoms with van der Waals surface area (Å²) in [5, 5.41) is 0. The van der Waals surface area contributed by atoms with Gasteiger partial charge in [0.05, 0.1) is 0 Å². The van der Waals surface area contributed by atoms with Crippen LogP contribution in [0.5, 0.6) is 0 Å². The molecule has 1 fully saturated rings. The molecule has 1 heterocycles. The van der Waals surface area contributed by atoms with Crippen LogP contribution in [-0.2, 0) is 4.79 Å². The van der Waals surface area contributed by atoms with Crippen molar-refractivity contribution in [3.8, 4) is 0 Å². The van der Waals surface area contributed by atoms with Gasteiger partial charge in [-0.05, 0) is 12.8 Å². The van der Waals surface area contributed by atoms with Gasteiger partial charge in [-0.25, -0.2) is 0 Å². The molecule has 0 radical (unpaired) electrons. The molecule has 0 spiro atoms. The summed E-state index contributed by atoms with van der Waals surface area (Å²) in [6, 6.07) is 0.408. The number of rotatable bonds is 2. The number of nitrogens with zero attached hydrogens (tertiary/aromatic N) is 1. The molecular weight excluding hydrogens is 134 g/mol. The number of hydrogen-bond donors (Lipinski definition) is 1. The fourth-order valence-corrected chi connectivity index (χ4v) is 1.59. The Labute approximate surface area is 60.6 Å². The van der Waals surface area contributed by atoms with Gasteiger partial charge in [-0.3, -0.25) is 4.79 Å². The summed E-state index contributed by atoms with van der Waals surface area (Å²) in [5.74, 6) is 0.804. The molecule has 1 aliphatic rings. The molecule has 1 atom stereocenters. The molecule has 0 aromatic heterocycles. The zero-order valence-corrected chi connectivity index (χ0v) is 6.18. The highest BCUT2D eigenvalue weighted by Gasteiger charge is 2.20. The molecule has 0 N–H and O–H groups in total. The van der Waals surface area contributed by atoms with Crippen molar-refractivity contribution >= 4 is 19.0 Å². The SMILES string of the molecule is O=CN1CCCC1CS. The standard InChI is InChI=1S/C6H11NOS/c8-5-7-3-1-2-6(7)4-9/h5-6,9H,1-4H2. The Morgan fingerprint density at radius 1 is 1.78 bits per heavy atom. The molecule has 0 aliphatic carbocycles. The Morgan fingerprint density at radius 2 is 2.56 bits per heavy atom. The molecule has 1 saturated heterocycles. The second-order valence-corrected chi connectivity index (χ2v) is 2.69. The predicted molar refractivity (Wildman–Crippen MR) is 39.6 cm³/mol. The van der Waals surface area contributed by atoms with Gasteiger partial charge >= 0.3 is 0 Å². The number of thiol groups is 1. The van der Waals surface area contributed by atoms with Crippen LogP contribution in [0.25, 0.3) is 0 Å². The highest BCUT2D eigenvalue weighted by Crippen LogP contribution is 2.15. The van der Waals surface area contributed by atoms with Gasteiger partial charge in [0.1, 0.15) is 0 Å². The molecule has 1 unspecified atom stereocenters. The number of carbonyl (C=O) groups excluding carboxylic acids is 1. The Bertz CT molecular complexity index is 107. The highest BCUT2D eigenvalue weighted by molar-refractivity contribution is 7.80. The first-order valence-electron chi connectivity index (χ1n) is 3.20. The summed E-state index contributed by atoms with van der Waals surface area (Å²) in [4.78, 5) is 12.1. The molecule has 52 valence electrons. The lowest BCUT2D eigenvalue weighted by atomic mass is 10.2. The third kappa shape index (κ3) is 1.39. The average Bonchev–Trinajstić information content (AvgIpc) is 2.33. The Kier molecular flexibility index (Phi) is 2.39. The first-order valence-corrected chi connectivity index (χ1v) is 3.83. The second kappa shape index (κ2) is 3.11. The maximum atomic E-state index is 10.3. The van der Waals surface area contributed by atoms with E-state index in [9.17, 15) is 4.79 Å². The second-order valence-electron chi connectivity index (χ2n) is 2.32. The van der Waals surface area contributed by atoms with Crippen molar-refractivity contribution in [3.63, 3.8) is 0 Å². The van der Waals surface area contributed by atoms with Gasteiger partial charge in [-0.15, -0.1) is 0 Å². The van der Waals surface area contributed by atoms with Crippen LogP contribution < -0.4 is 0 Å². The molecule has 0 aromatic rings. The van der Waals surface area contributed by atoms with Crippen LogP contribution in [0.3, 0.4) is 0 Å². The molecular formula is C6H11NOS. The van der Waals surface area contributed by atoms with Gasteiger partial charge in [-0.2, -0.15) is 12.6 Å². The summed E-state index contributed by atoms with van der Waals surface area (Å²) >= 11 is 4.13. The lowest BCUT2D eigenvalue weighted by Gasteiger charge is -2.16. The number of amides is 1. The summed E-state index contributed by atoms with van der Waals surface area (Å²) < 4.78 is 0. The van der Waals surface area contributed by atoms with Crippen LogP contribution in [0.2, 0.25) is 0 Å². The van der Waals surface area contributed by atoms with E-state index < -0.39 is 0 Å². The average molecular weight is 145 g/mol. The van der Waals surface area contributed by atoms with Crippen LogP contribution in [0, 0.1) is 0 Å². The number of carbonyl (C=O) groups is 1. The lowest BCUT2D eigenvalue weighted by Crippen LogP contribution is -2.28. The van der Waals surface area contributed by atoms with E-state index in [0.29, 0.717) is 6.04 Å². The minimum atomic E-state index is 0.408. The van der Waals surface area contributed by atoms with Crippen molar-refractivity contribution in [2.45, 2.75) is 18.9 Å². The molecule has 9 heavy (non-hydrogen) atoms. The largest absolute Gasteiger partial charge is 0.341 e. The summed E-state index contributed by atoms with van der Waals surface area (Å²) in [6.45, 7) is 0.925. The van der Waals surface area contributed by atoms with Crippen LogP contribution in [-0.4, -0.2) is 29.6 Å². The monoisotopic (exact) mass is 145 g/mol. The zero-order chi connectivity index (χ0) is 6.69. The number of likely N-dealkylation sites (tertiary alicyclic amines) is 1. The molecule has 0 saturated carbocycles. The van der Waals surface area contributed by atoms with Crippen molar-refractivity contribution < 1.29 is 4.79 Å². The first-order chi connectivity index (χ1) is 4.38. The maximum absolute atomic E-state index is 10.3. The zero-order valence-electron chi connectivity index (χ0n) is 5.29. The molecule has 3 heteroatoms. The molecule has 0 aromatic carbocycles. The van der Waals surface area contributed by atoms with E-state index in [1.54, 1.807) is 0 Å². The van der Waals surface area contributed by atoms with Crippen LogP contribution in [0.1, 0.15) is 12.8 Å². The fourth-order valence-electron chi connectivity index (χ4n) is 1.19. The van der Waals surface area contributed by atoms with Crippen LogP contribution in [0.15, 0.2) is 0 Å². The Hall–Kier alpha value is -0.180. The minimum absolute atomic E-state index is 0.408. The van der Waals surface area contributed by atoms with Gasteiger partial charge in [-0.1, -0.05) is 0 Å². The topological polar surface area (TPSA) is 20.3 Å². The van der Waals surface area contributed by atoms with E-state index in [-0.39, 0.29) is 0 Å². The predicted octanol–water partition coefficient (Wildman–Crippen LogP) is 0.537. The fraction of sp³-hybridized carbons (Fsp3) is 0.833. The van der Waals surface area contributed by atoms with Crippen molar-refractivity contribution in [3.05, 3.63) is 0 Å². The molecule has 2 nitrogen and oxygen atoms in total. The van der Waals surface area contributed by atoms with E-state index in [2.05, 4.69) is 12.6 Å². The summed E-state index contributed by atoms with van der Waals surface area (Å²) in [5.41, 5.74) is 0. The van der Waals surface area contributed by atoms with Crippen LogP contribution in [0.4, 0.5) is 0 Å². The van der Waals surface area contributed by atoms with E-state index in [1.807, 2.05) is 4.90 Å². The first kappa shape index (κ1) is 6.93. The van der Waals surface area contributed by atoms with Crippen molar-refractivity contribution in [2.75, 3.05) is 12.3 Å². The van der Waals surface area contributed by atoms with Crippen molar-refractivity contribution in [2.24, 2.45) is 0 Å². The van der Waals surface area contributed by atoms with Crippen molar-refractivity contribution in [1.29, 1.82) is 0 Å². The Morgan fingerprint density at radius 3 is 3.00 bits per heavy atom. The maximum Gasteiger partial charge on any atom is 0.209 e. The van der Waals surface area contributed by atoms with Gasteiger partial charge in [0.25, 0.3) is 0 Å². The highest BCUT2D eigenvalue weighted by atomic mass is 32.1. The number of hydrogen-bond acceptors (Lipinski definition) is 2. The Balaban J connectivity index is 2.41.